The van der Waals surface area contributed by atoms with Crippen molar-refractivity contribution in [3.05, 3.63) is 28.8 Å². The molecule has 64 valence electrons. The quantitative estimate of drug-likeness (QED) is 0.698. The van der Waals surface area contributed by atoms with Gasteiger partial charge in [-0.05, 0) is 23.8 Å². The number of halogens is 1. The summed E-state index contributed by atoms with van der Waals surface area (Å²) in [5.74, 6) is 0. The van der Waals surface area contributed by atoms with Crippen LogP contribution in [0.1, 0.15) is 5.56 Å². The van der Waals surface area contributed by atoms with Gasteiger partial charge in [0.05, 0.1) is 0 Å². The van der Waals surface area contributed by atoms with E-state index in [4.69, 9.17) is 17.3 Å². The highest BCUT2D eigenvalue weighted by atomic mass is 35.5. The van der Waals surface area contributed by atoms with Crippen molar-refractivity contribution in [2.45, 2.75) is 6.54 Å². The molecule has 0 unspecified atom stereocenters. The molecular formula is C8H9ClN2O. The molecule has 3 nitrogen and oxygen atoms in total. The van der Waals surface area contributed by atoms with E-state index in [1.54, 1.807) is 18.2 Å². The van der Waals surface area contributed by atoms with Crippen molar-refractivity contribution >= 4 is 23.7 Å². The monoisotopic (exact) mass is 184 g/mol. The summed E-state index contributed by atoms with van der Waals surface area (Å²) >= 11 is 5.80. The SMILES string of the molecule is NCc1cc(NC=O)ccc1Cl. The van der Waals surface area contributed by atoms with E-state index in [-0.39, 0.29) is 0 Å². The zero-order valence-corrected chi connectivity index (χ0v) is 7.14. The number of carbonyl (C=O) groups excluding carboxylic acids is 1. The van der Waals surface area contributed by atoms with Crippen LogP contribution in [0.3, 0.4) is 0 Å². The van der Waals surface area contributed by atoms with Gasteiger partial charge in [-0.1, -0.05) is 11.6 Å². The van der Waals surface area contributed by atoms with Crippen LogP contribution in [-0.4, -0.2) is 6.41 Å². The van der Waals surface area contributed by atoms with Crippen LogP contribution in [0.15, 0.2) is 18.2 Å². The number of carbonyl (C=O) groups is 1. The fourth-order valence-electron chi connectivity index (χ4n) is 0.889. The Bertz CT molecular complexity index is 288. The predicted octanol–water partition coefficient (Wildman–Crippen LogP) is 1.37. The molecule has 0 aliphatic carbocycles. The van der Waals surface area contributed by atoms with E-state index in [0.29, 0.717) is 23.7 Å². The van der Waals surface area contributed by atoms with E-state index in [9.17, 15) is 4.79 Å². The largest absolute Gasteiger partial charge is 0.329 e. The Morgan fingerprint density at radius 1 is 1.58 bits per heavy atom. The average molecular weight is 185 g/mol. The topological polar surface area (TPSA) is 55.1 Å². The Morgan fingerprint density at radius 3 is 2.92 bits per heavy atom. The number of anilines is 1. The predicted molar refractivity (Wildman–Crippen MR) is 49.0 cm³/mol. The normalized spacial score (nSPS) is 9.50. The van der Waals surface area contributed by atoms with Gasteiger partial charge in [-0.2, -0.15) is 0 Å². The summed E-state index contributed by atoms with van der Waals surface area (Å²) in [6, 6.07) is 5.17. The number of nitrogens with two attached hydrogens (primary N) is 1. The number of benzene rings is 1. The van der Waals surface area contributed by atoms with Gasteiger partial charge in [-0.3, -0.25) is 4.79 Å². The Kier molecular flexibility index (Phi) is 3.08. The molecule has 0 saturated carbocycles. The van der Waals surface area contributed by atoms with Crippen LogP contribution in [0.4, 0.5) is 5.69 Å². The lowest BCUT2D eigenvalue weighted by Crippen LogP contribution is -1.99. The maximum atomic E-state index is 10.1. The molecule has 0 aliphatic heterocycles. The Morgan fingerprint density at radius 2 is 2.33 bits per heavy atom. The summed E-state index contributed by atoms with van der Waals surface area (Å²) in [4.78, 5) is 10.1. The number of hydrogen-bond acceptors (Lipinski definition) is 2. The van der Waals surface area contributed by atoms with Gasteiger partial charge in [-0.25, -0.2) is 0 Å². The third-order valence-corrected chi connectivity index (χ3v) is 1.86. The molecule has 0 saturated heterocycles. The van der Waals surface area contributed by atoms with Gasteiger partial charge in [0, 0.05) is 17.3 Å². The van der Waals surface area contributed by atoms with Crippen LogP contribution >= 0.6 is 11.6 Å². The highest BCUT2D eigenvalue weighted by molar-refractivity contribution is 6.31. The maximum Gasteiger partial charge on any atom is 0.211 e. The first-order chi connectivity index (χ1) is 5.77. The maximum absolute atomic E-state index is 10.1. The minimum absolute atomic E-state index is 0.368. The molecule has 3 N–H and O–H groups in total. The smallest absolute Gasteiger partial charge is 0.211 e. The Balaban J connectivity index is 2.96. The molecule has 1 aromatic rings. The number of nitrogens with one attached hydrogen (secondary N) is 1. The van der Waals surface area contributed by atoms with Crippen molar-refractivity contribution in [2.24, 2.45) is 5.73 Å². The molecule has 0 fully saturated rings. The third-order valence-electron chi connectivity index (χ3n) is 1.49. The molecule has 0 aliphatic rings. The van der Waals surface area contributed by atoms with Crippen LogP contribution in [0.25, 0.3) is 0 Å². The highest BCUT2D eigenvalue weighted by Crippen LogP contribution is 2.19. The molecule has 4 heteroatoms. The summed E-state index contributed by atoms with van der Waals surface area (Å²) < 4.78 is 0. The lowest BCUT2D eigenvalue weighted by molar-refractivity contribution is -0.105. The second-order valence-electron chi connectivity index (χ2n) is 2.27. The van der Waals surface area contributed by atoms with Gasteiger partial charge in [0.1, 0.15) is 0 Å². The molecule has 0 atom stereocenters. The minimum atomic E-state index is 0.368. The summed E-state index contributed by atoms with van der Waals surface area (Å²) in [5, 5.41) is 3.13. The molecule has 1 amide bonds. The molecule has 1 rings (SSSR count). The van der Waals surface area contributed by atoms with Crippen molar-refractivity contribution in [2.75, 3.05) is 5.32 Å². The zero-order chi connectivity index (χ0) is 8.97. The van der Waals surface area contributed by atoms with E-state index < -0.39 is 0 Å². The van der Waals surface area contributed by atoms with Gasteiger partial charge < -0.3 is 11.1 Å². The minimum Gasteiger partial charge on any atom is -0.329 e. The molecule has 12 heavy (non-hydrogen) atoms. The Labute approximate surface area is 75.5 Å². The second-order valence-corrected chi connectivity index (χ2v) is 2.68. The van der Waals surface area contributed by atoms with E-state index in [2.05, 4.69) is 5.32 Å². The van der Waals surface area contributed by atoms with Crippen LogP contribution < -0.4 is 11.1 Å². The first-order valence-electron chi connectivity index (χ1n) is 3.46. The first kappa shape index (κ1) is 9.03. The molecule has 0 heterocycles. The van der Waals surface area contributed by atoms with Gasteiger partial charge >= 0.3 is 0 Å². The Hall–Kier alpha value is -1.06. The first-order valence-corrected chi connectivity index (χ1v) is 3.84. The fraction of sp³-hybridized carbons (Fsp3) is 0.125. The van der Waals surface area contributed by atoms with Crippen molar-refractivity contribution in [1.29, 1.82) is 0 Å². The summed E-state index contributed by atoms with van der Waals surface area (Å²) in [6.45, 7) is 0.368. The summed E-state index contributed by atoms with van der Waals surface area (Å²) in [6.07, 6.45) is 0.615. The lowest BCUT2D eigenvalue weighted by Gasteiger charge is -2.03. The van der Waals surface area contributed by atoms with Crippen LogP contribution in [0, 0.1) is 0 Å². The molecule has 0 spiro atoms. The van der Waals surface area contributed by atoms with Crippen molar-refractivity contribution in [3.63, 3.8) is 0 Å². The molecule has 0 radical (unpaired) electrons. The summed E-state index contributed by atoms with van der Waals surface area (Å²) in [7, 11) is 0. The molecular weight excluding hydrogens is 176 g/mol. The third kappa shape index (κ3) is 1.96. The van der Waals surface area contributed by atoms with Gasteiger partial charge in [0.15, 0.2) is 0 Å². The van der Waals surface area contributed by atoms with E-state index in [1.165, 1.54) is 0 Å². The van der Waals surface area contributed by atoms with E-state index >= 15 is 0 Å². The van der Waals surface area contributed by atoms with Gasteiger partial charge in [0.25, 0.3) is 0 Å². The van der Waals surface area contributed by atoms with Crippen LogP contribution in [0.5, 0.6) is 0 Å². The van der Waals surface area contributed by atoms with Crippen molar-refractivity contribution < 1.29 is 4.79 Å². The van der Waals surface area contributed by atoms with Crippen molar-refractivity contribution in [3.8, 4) is 0 Å². The summed E-state index contributed by atoms with van der Waals surface area (Å²) in [5.41, 5.74) is 6.94. The van der Waals surface area contributed by atoms with Crippen molar-refractivity contribution in [1.82, 2.24) is 0 Å². The van der Waals surface area contributed by atoms with Gasteiger partial charge in [0.2, 0.25) is 6.41 Å². The zero-order valence-electron chi connectivity index (χ0n) is 6.38. The lowest BCUT2D eigenvalue weighted by atomic mass is 10.2. The molecule has 1 aromatic carbocycles. The molecule has 0 bridgehead atoms. The number of hydrogen-bond donors (Lipinski definition) is 2. The fourth-order valence-corrected chi connectivity index (χ4v) is 1.08. The molecule has 0 aromatic heterocycles. The van der Waals surface area contributed by atoms with Gasteiger partial charge in [-0.15, -0.1) is 0 Å². The standard InChI is InChI=1S/C8H9ClN2O/c9-8-2-1-7(11-5-12)3-6(8)4-10/h1-3,5H,4,10H2,(H,11,12). The van der Waals surface area contributed by atoms with Crippen LogP contribution in [-0.2, 0) is 11.3 Å². The van der Waals surface area contributed by atoms with E-state index in [0.717, 1.165) is 5.56 Å². The second kappa shape index (κ2) is 4.09. The highest BCUT2D eigenvalue weighted by Gasteiger charge is 1.98. The van der Waals surface area contributed by atoms with E-state index in [1.807, 2.05) is 0 Å². The number of rotatable bonds is 3. The van der Waals surface area contributed by atoms with Crippen LogP contribution in [0.2, 0.25) is 5.02 Å². The average Bonchev–Trinajstić information content (AvgIpc) is 2.09. The number of amides is 1.